The fourth-order valence-electron chi connectivity index (χ4n) is 2.98. The lowest BCUT2D eigenvalue weighted by molar-refractivity contribution is -0.126. The topological polar surface area (TPSA) is 62.3 Å². The zero-order valence-corrected chi connectivity index (χ0v) is 13.5. The first-order valence-corrected chi connectivity index (χ1v) is 8.25. The largest absolute Gasteiger partial charge is 0.352 e. The molecule has 1 saturated heterocycles. The summed E-state index contributed by atoms with van der Waals surface area (Å²) in [7, 11) is 0. The summed E-state index contributed by atoms with van der Waals surface area (Å²) in [6.07, 6.45) is 4.89. The Bertz CT molecular complexity index is 688. The van der Waals surface area contributed by atoms with Gasteiger partial charge in [0.1, 0.15) is 0 Å². The second kappa shape index (κ2) is 7.73. The molecule has 0 aliphatic carbocycles. The number of carbonyl (C=O) groups excluding carboxylic acids is 2. The Hall–Kier alpha value is -2.69. The molecule has 1 aliphatic rings. The van der Waals surface area contributed by atoms with E-state index in [2.05, 4.69) is 10.3 Å². The van der Waals surface area contributed by atoms with Crippen molar-refractivity contribution in [1.82, 2.24) is 15.2 Å². The van der Waals surface area contributed by atoms with Crippen molar-refractivity contribution in [2.45, 2.75) is 19.4 Å². The van der Waals surface area contributed by atoms with Gasteiger partial charge in [0.2, 0.25) is 5.91 Å². The fraction of sp³-hybridized carbons (Fsp3) is 0.316. The van der Waals surface area contributed by atoms with Crippen LogP contribution in [0.25, 0.3) is 0 Å². The minimum atomic E-state index is -0.145. The number of amides is 2. The molecule has 1 aliphatic heterocycles. The molecule has 24 heavy (non-hydrogen) atoms. The van der Waals surface area contributed by atoms with Crippen molar-refractivity contribution in [3.63, 3.8) is 0 Å². The van der Waals surface area contributed by atoms with Crippen LogP contribution in [-0.2, 0) is 11.3 Å². The SMILES string of the molecule is O=C(NCc1ccccc1)C1CCCN(C(=O)c2ccncc2)C1. The molecule has 5 heteroatoms. The van der Waals surface area contributed by atoms with E-state index < -0.39 is 0 Å². The van der Waals surface area contributed by atoms with E-state index in [0.717, 1.165) is 18.4 Å². The lowest BCUT2D eigenvalue weighted by Gasteiger charge is -2.32. The highest BCUT2D eigenvalue weighted by Gasteiger charge is 2.28. The number of rotatable bonds is 4. The Morgan fingerprint density at radius 3 is 2.62 bits per heavy atom. The Morgan fingerprint density at radius 1 is 1.12 bits per heavy atom. The van der Waals surface area contributed by atoms with Crippen molar-refractivity contribution in [3.05, 3.63) is 66.0 Å². The molecule has 1 N–H and O–H groups in total. The Morgan fingerprint density at radius 2 is 1.88 bits per heavy atom. The van der Waals surface area contributed by atoms with E-state index in [0.29, 0.717) is 25.2 Å². The van der Waals surface area contributed by atoms with Crippen LogP contribution in [-0.4, -0.2) is 34.8 Å². The van der Waals surface area contributed by atoms with Crippen LogP contribution in [0.4, 0.5) is 0 Å². The molecule has 0 saturated carbocycles. The smallest absolute Gasteiger partial charge is 0.253 e. The van der Waals surface area contributed by atoms with E-state index in [1.165, 1.54) is 0 Å². The third-order valence-electron chi connectivity index (χ3n) is 4.32. The zero-order chi connectivity index (χ0) is 16.8. The summed E-state index contributed by atoms with van der Waals surface area (Å²) >= 11 is 0. The molecule has 0 spiro atoms. The van der Waals surface area contributed by atoms with Crippen molar-refractivity contribution in [2.75, 3.05) is 13.1 Å². The summed E-state index contributed by atoms with van der Waals surface area (Å²) in [6, 6.07) is 13.3. The van der Waals surface area contributed by atoms with Gasteiger partial charge in [0.15, 0.2) is 0 Å². The van der Waals surface area contributed by atoms with Gasteiger partial charge in [0.25, 0.3) is 5.91 Å². The summed E-state index contributed by atoms with van der Waals surface area (Å²) in [5.41, 5.74) is 1.70. The highest BCUT2D eigenvalue weighted by atomic mass is 16.2. The minimum absolute atomic E-state index is 0.0195. The molecule has 1 aromatic heterocycles. The van der Waals surface area contributed by atoms with Gasteiger partial charge in [-0.1, -0.05) is 30.3 Å². The molecule has 3 rings (SSSR count). The monoisotopic (exact) mass is 323 g/mol. The summed E-state index contributed by atoms with van der Waals surface area (Å²) in [4.78, 5) is 30.6. The highest BCUT2D eigenvalue weighted by molar-refractivity contribution is 5.94. The maximum absolute atomic E-state index is 12.5. The van der Waals surface area contributed by atoms with Crippen molar-refractivity contribution >= 4 is 11.8 Å². The third kappa shape index (κ3) is 3.98. The van der Waals surface area contributed by atoms with E-state index in [1.54, 1.807) is 29.4 Å². The molecule has 1 aromatic carbocycles. The first-order chi connectivity index (χ1) is 11.7. The normalized spacial score (nSPS) is 17.3. The molecule has 1 unspecified atom stereocenters. The van der Waals surface area contributed by atoms with E-state index in [4.69, 9.17) is 0 Å². The summed E-state index contributed by atoms with van der Waals surface area (Å²) in [6.45, 7) is 1.69. The molecule has 5 nitrogen and oxygen atoms in total. The fourth-order valence-corrected chi connectivity index (χ4v) is 2.98. The van der Waals surface area contributed by atoms with Crippen LogP contribution in [0.3, 0.4) is 0 Å². The molecular formula is C19H21N3O2. The van der Waals surface area contributed by atoms with Crippen molar-refractivity contribution in [3.8, 4) is 0 Å². The van der Waals surface area contributed by atoms with Crippen LogP contribution >= 0.6 is 0 Å². The van der Waals surface area contributed by atoms with Gasteiger partial charge < -0.3 is 10.2 Å². The van der Waals surface area contributed by atoms with Gasteiger partial charge in [-0.2, -0.15) is 0 Å². The molecule has 2 aromatic rings. The molecular weight excluding hydrogens is 302 g/mol. The number of carbonyl (C=O) groups is 2. The number of nitrogens with zero attached hydrogens (tertiary/aromatic N) is 2. The predicted molar refractivity (Wildman–Crippen MR) is 91.2 cm³/mol. The van der Waals surface area contributed by atoms with Crippen molar-refractivity contribution < 1.29 is 9.59 Å². The summed E-state index contributed by atoms with van der Waals surface area (Å²) < 4.78 is 0. The van der Waals surface area contributed by atoms with Crippen LogP contribution in [0.5, 0.6) is 0 Å². The number of pyridine rings is 1. The van der Waals surface area contributed by atoms with Crippen molar-refractivity contribution in [1.29, 1.82) is 0 Å². The van der Waals surface area contributed by atoms with Crippen LogP contribution < -0.4 is 5.32 Å². The highest BCUT2D eigenvalue weighted by Crippen LogP contribution is 2.19. The summed E-state index contributed by atoms with van der Waals surface area (Å²) in [5.74, 6) is -0.155. The van der Waals surface area contributed by atoms with E-state index in [9.17, 15) is 9.59 Å². The van der Waals surface area contributed by atoms with Crippen LogP contribution in [0.15, 0.2) is 54.9 Å². The zero-order valence-electron chi connectivity index (χ0n) is 13.5. The van der Waals surface area contributed by atoms with Gasteiger partial charge in [0.05, 0.1) is 5.92 Å². The average Bonchev–Trinajstić information content (AvgIpc) is 2.67. The number of nitrogens with one attached hydrogen (secondary N) is 1. The number of piperidine rings is 1. The van der Waals surface area contributed by atoms with Crippen molar-refractivity contribution in [2.24, 2.45) is 5.92 Å². The number of aromatic nitrogens is 1. The Kier molecular flexibility index (Phi) is 5.21. The number of hydrogen-bond donors (Lipinski definition) is 1. The first-order valence-electron chi connectivity index (χ1n) is 8.25. The number of likely N-dealkylation sites (tertiary alicyclic amines) is 1. The average molecular weight is 323 g/mol. The van der Waals surface area contributed by atoms with Crippen LogP contribution in [0.2, 0.25) is 0 Å². The van der Waals surface area contributed by atoms with E-state index in [-0.39, 0.29) is 17.7 Å². The van der Waals surface area contributed by atoms with Gasteiger partial charge in [-0.05, 0) is 30.5 Å². The van der Waals surface area contributed by atoms with Gasteiger partial charge in [-0.25, -0.2) is 0 Å². The van der Waals surface area contributed by atoms with Gasteiger partial charge in [-0.3, -0.25) is 14.6 Å². The molecule has 1 fully saturated rings. The maximum atomic E-state index is 12.5. The second-order valence-electron chi connectivity index (χ2n) is 6.03. The molecule has 1 atom stereocenters. The molecule has 2 heterocycles. The van der Waals surface area contributed by atoms with Crippen LogP contribution in [0, 0.1) is 5.92 Å². The first kappa shape index (κ1) is 16.2. The van der Waals surface area contributed by atoms with Gasteiger partial charge >= 0.3 is 0 Å². The molecule has 0 radical (unpaired) electrons. The number of hydrogen-bond acceptors (Lipinski definition) is 3. The quantitative estimate of drug-likeness (QED) is 0.939. The lowest BCUT2D eigenvalue weighted by atomic mass is 9.96. The predicted octanol–water partition coefficient (Wildman–Crippen LogP) is 2.25. The van der Waals surface area contributed by atoms with E-state index in [1.807, 2.05) is 30.3 Å². The van der Waals surface area contributed by atoms with Gasteiger partial charge in [-0.15, -0.1) is 0 Å². The van der Waals surface area contributed by atoms with Gasteiger partial charge in [0, 0.05) is 37.6 Å². The molecule has 2 amide bonds. The lowest BCUT2D eigenvalue weighted by Crippen LogP contribution is -2.45. The molecule has 124 valence electrons. The second-order valence-corrected chi connectivity index (χ2v) is 6.03. The summed E-state index contributed by atoms with van der Waals surface area (Å²) in [5, 5.41) is 2.98. The Labute approximate surface area is 141 Å². The van der Waals surface area contributed by atoms with Crippen LogP contribution in [0.1, 0.15) is 28.8 Å². The maximum Gasteiger partial charge on any atom is 0.253 e. The van der Waals surface area contributed by atoms with E-state index >= 15 is 0 Å². The minimum Gasteiger partial charge on any atom is -0.352 e. The third-order valence-corrected chi connectivity index (χ3v) is 4.32. The number of benzene rings is 1. The molecule has 0 bridgehead atoms. The standard InChI is InChI=1S/C19H21N3O2/c23-18(21-13-15-5-2-1-3-6-15)17-7-4-12-22(14-17)19(24)16-8-10-20-11-9-16/h1-3,5-6,8-11,17H,4,7,12-14H2,(H,21,23). The Balaban J connectivity index is 1.57.